The topological polar surface area (TPSA) is 237 Å². The Kier molecular flexibility index (Phi) is 55.1. The molecule has 0 aliphatic carbocycles. The first kappa shape index (κ1) is 82.5. The second kappa shape index (κ2) is 56.8. The molecule has 0 spiro atoms. The Morgan fingerprint density at radius 3 is 1.05 bits per heavy atom. The van der Waals surface area contributed by atoms with Gasteiger partial charge >= 0.3 is 39.5 Å². The summed E-state index contributed by atoms with van der Waals surface area (Å²) < 4.78 is 68.0. The minimum atomic E-state index is -4.95. The molecule has 19 heteroatoms. The number of aliphatic hydroxyl groups is 1. The molecule has 0 heterocycles. The zero-order valence-corrected chi connectivity index (χ0v) is 56.3. The SMILES string of the molecule is CCCCCC/C=C\C=C/CCCCCCCC(=O)OC[C@H](COP(=O)(O)OC[C@@H](O)COP(=O)(O)OC[C@@H](COC(=O)CCCCCCCCC(C)C)OC(=O)CCCCCCCCCCC(C)C)OC(=O)CCCCCCCCC(C)CC. The first-order valence-electron chi connectivity index (χ1n) is 33.7. The predicted molar refractivity (Wildman–Crippen MR) is 340 cm³/mol. The lowest BCUT2D eigenvalue weighted by Gasteiger charge is -2.21. The molecule has 0 fully saturated rings. The summed E-state index contributed by atoms with van der Waals surface area (Å²) in [5, 5.41) is 10.5. The Morgan fingerprint density at radius 2 is 0.694 bits per heavy atom. The van der Waals surface area contributed by atoms with Gasteiger partial charge < -0.3 is 33.8 Å². The van der Waals surface area contributed by atoms with E-state index < -0.39 is 97.5 Å². The molecule has 85 heavy (non-hydrogen) atoms. The maximum Gasteiger partial charge on any atom is 0.472 e. The number of hydrogen-bond acceptors (Lipinski definition) is 15. The van der Waals surface area contributed by atoms with E-state index >= 15 is 0 Å². The lowest BCUT2D eigenvalue weighted by atomic mass is 10.00. The number of unbranched alkanes of at least 4 members (excludes halogenated alkanes) is 26. The second-order valence-corrected chi connectivity index (χ2v) is 27.3. The van der Waals surface area contributed by atoms with E-state index in [0.717, 1.165) is 127 Å². The van der Waals surface area contributed by atoms with Gasteiger partial charge in [0.15, 0.2) is 12.2 Å². The average Bonchev–Trinajstić information content (AvgIpc) is 3.46. The zero-order chi connectivity index (χ0) is 63.1. The molecule has 17 nitrogen and oxygen atoms in total. The van der Waals surface area contributed by atoms with Crippen molar-refractivity contribution in [3.05, 3.63) is 24.3 Å². The van der Waals surface area contributed by atoms with Gasteiger partial charge in [-0.1, -0.05) is 246 Å². The minimum absolute atomic E-state index is 0.0954. The van der Waals surface area contributed by atoms with Crippen molar-refractivity contribution in [2.24, 2.45) is 17.8 Å². The normalized spacial score (nSPS) is 14.8. The highest BCUT2D eigenvalue weighted by molar-refractivity contribution is 7.47. The Morgan fingerprint density at radius 1 is 0.388 bits per heavy atom. The second-order valence-electron chi connectivity index (χ2n) is 24.4. The van der Waals surface area contributed by atoms with Crippen LogP contribution >= 0.6 is 15.6 Å². The Hall–Kier alpha value is -2.46. The number of allylic oxidation sites excluding steroid dienone is 4. The van der Waals surface area contributed by atoms with Crippen molar-refractivity contribution in [3.8, 4) is 0 Å². The van der Waals surface area contributed by atoms with Crippen LogP contribution in [0.4, 0.5) is 0 Å². The number of phosphoric acid groups is 2. The fraction of sp³-hybridized carbons (Fsp3) is 0.879. The van der Waals surface area contributed by atoms with Crippen LogP contribution in [0.5, 0.6) is 0 Å². The van der Waals surface area contributed by atoms with Gasteiger partial charge in [0, 0.05) is 25.7 Å². The highest BCUT2D eigenvalue weighted by atomic mass is 31.2. The van der Waals surface area contributed by atoms with Crippen molar-refractivity contribution < 1.29 is 80.2 Å². The van der Waals surface area contributed by atoms with Gasteiger partial charge in [-0.05, 0) is 69.1 Å². The quantitative estimate of drug-likeness (QED) is 0.0169. The monoisotopic (exact) mass is 1250 g/mol. The summed E-state index contributed by atoms with van der Waals surface area (Å²) in [6.45, 7) is 11.6. The summed E-state index contributed by atoms with van der Waals surface area (Å²) in [7, 11) is -9.90. The molecule has 0 radical (unpaired) electrons. The van der Waals surface area contributed by atoms with E-state index in [9.17, 15) is 43.2 Å². The van der Waals surface area contributed by atoms with Crippen molar-refractivity contribution in [3.63, 3.8) is 0 Å². The molecule has 0 aliphatic rings. The molecule has 500 valence electrons. The molecular weight excluding hydrogens is 1130 g/mol. The van der Waals surface area contributed by atoms with Crippen molar-refractivity contribution in [1.82, 2.24) is 0 Å². The van der Waals surface area contributed by atoms with E-state index in [-0.39, 0.29) is 25.7 Å². The van der Waals surface area contributed by atoms with Crippen LogP contribution in [-0.2, 0) is 65.4 Å². The number of rotatable bonds is 62. The summed E-state index contributed by atoms with van der Waals surface area (Å²) >= 11 is 0. The van der Waals surface area contributed by atoms with Crippen LogP contribution in [-0.4, -0.2) is 96.7 Å². The molecule has 0 rings (SSSR count). The lowest BCUT2D eigenvalue weighted by molar-refractivity contribution is -0.161. The van der Waals surface area contributed by atoms with Gasteiger partial charge in [-0.25, -0.2) is 9.13 Å². The number of aliphatic hydroxyl groups excluding tert-OH is 1. The maximum absolute atomic E-state index is 13.0. The highest BCUT2D eigenvalue weighted by Gasteiger charge is 2.30. The smallest absolute Gasteiger partial charge is 0.462 e. The van der Waals surface area contributed by atoms with Crippen molar-refractivity contribution in [1.29, 1.82) is 0 Å². The zero-order valence-electron chi connectivity index (χ0n) is 54.5. The largest absolute Gasteiger partial charge is 0.472 e. The molecule has 0 aromatic heterocycles. The highest BCUT2D eigenvalue weighted by Crippen LogP contribution is 2.45. The number of ether oxygens (including phenoxy) is 4. The van der Waals surface area contributed by atoms with E-state index in [2.05, 4.69) is 72.8 Å². The summed E-state index contributed by atoms with van der Waals surface area (Å²) in [6, 6.07) is 0. The molecule has 0 bridgehead atoms. The molecule has 0 aromatic carbocycles. The van der Waals surface area contributed by atoms with Crippen LogP contribution in [0, 0.1) is 17.8 Å². The summed E-state index contributed by atoms with van der Waals surface area (Å²) in [6.07, 6.45) is 41.4. The molecule has 6 atom stereocenters. The summed E-state index contributed by atoms with van der Waals surface area (Å²) in [5.41, 5.74) is 0. The van der Waals surface area contributed by atoms with E-state index in [0.29, 0.717) is 31.6 Å². The van der Waals surface area contributed by atoms with Gasteiger partial charge in [-0.3, -0.25) is 37.3 Å². The van der Waals surface area contributed by atoms with Gasteiger partial charge in [-0.2, -0.15) is 0 Å². The number of carbonyl (C=O) groups is 4. The van der Waals surface area contributed by atoms with Crippen LogP contribution in [0.1, 0.15) is 299 Å². The molecule has 0 aliphatic heterocycles. The fourth-order valence-corrected chi connectivity index (χ4v) is 10.8. The average molecular weight is 1250 g/mol. The molecule has 0 amide bonds. The van der Waals surface area contributed by atoms with Crippen molar-refractivity contribution in [2.45, 2.75) is 317 Å². The van der Waals surface area contributed by atoms with Gasteiger partial charge in [0.2, 0.25) is 0 Å². The third-order valence-electron chi connectivity index (χ3n) is 14.9. The number of phosphoric ester groups is 2. The maximum atomic E-state index is 13.0. The van der Waals surface area contributed by atoms with Gasteiger partial charge in [-0.15, -0.1) is 0 Å². The third-order valence-corrected chi connectivity index (χ3v) is 16.8. The molecule has 0 saturated carbocycles. The number of esters is 4. The van der Waals surface area contributed by atoms with Crippen LogP contribution < -0.4 is 0 Å². The summed E-state index contributed by atoms with van der Waals surface area (Å²) in [4.78, 5) is 72.2. The van der Waals surface area contributed by atoms with Crippen LogP contribution in [0.15, 0.2) is 24.3 Å². The van der Waals surface area contributed by atoms with Crippen LogP contribution in [0.3, 0.4) is 0 Å². The van der Waals surface area contributed by atoms with Crippen LogP contribution in [0.25, 0.3) is 0 Å². The first-order valence-corrected chi connectivity index (χ1v) is 36.7. The van der Waals surface area contributed by atoms with Crippen molar-refractivity contribution >= 4 is 39.5 Å². The molecule has 3 N–H and O–H groups in total. The van der Waals surface area contributed by atoms with E-state index in [1.54, 1.807) is 0 Å². The Labute approximate surface area is 516 Å². The minimum Gasteiger partial charge on any atom is -0.462 e. The van der Waals surface area contributed by atoms with E-state index in [4.69, 9.17) is 37.0 Å². The Balaban J connectivity index is 5.26. The molecule has 3 unspecified atom stereocenters. The Bertz CT molecular complexity index is 1780. The van der Waals surface area contributed by atoms with Gasteiger partial charge in [0.25, 0.3) is 0 Å². The molecule has 0 saturated heterocycles. The van der Waals surface area contributed by atoms with Crippen molar-refractivity contribution in [2.75, 3.05) is 39.6 Å². The third kappa shape index (κ3) is 59.0. The van der Waals surface area contributed by atoms with Crippen LogP contribution in [0.2, 0.25) is 0 Å². The lowest BCUT2D eigenvalue weighted by Crippen LogP contribution is -2.30. The van der Waals surface area contributed by atoms with E-state index in [1.807, 2.05) is 0 Å². The molecule has 0 aromatic rings. The molecular formula is C66H124O17P2. The number of hydrogen-bond donors (Lipinski definition) is 3. The number of carbonyl (C=O) groups excluding carboxylic acids is 4. The first-order chi connectivity index (χ1) is 40.8. The predicted octanol–water partition coefficient (Wildman–Crippen LogP) is 17.8. The van der Waals surface area contributed by atoms with Gasteiger partial charge in [0.05, 0.1) is 26.4 Å². The summed E-state index contributed by atoms with van der Waals surface area (Å²) in [5.74, 6) is -0.0586. The van der Waals surface area contributed by atoms with Gasteiger partial charge in [0.1, 0.15) is 19.3 Å². The van der Waals surface area contributed by atoms with E-state index in [1.165, 1.54) is 83.5 Å². The fourth-order valence-electron chi connectivity index (χ4n) is 9.26. The standard InChI is InChI=1S/C66H124O17P2/c1-8-10-11-12-13-14-15-16-17-18-19-20-24-33-40-47-63(68)76-53-62(83-66(71)50-43-36-29-27-32-39-46-59(7)9-2)56-81-85(74,75)79-52-60(67)51-78-84(72,73)80-55-61(54-77-64(69)48-41-34-28-26-31-38-45-58(5)6)82-65(70)49-42-35-25-22-21-23-30-37-44-57(3)4/h14-17,57-62,67H,8-13,18-56H2,1-7H3,(H,72,73)(H,74,75)/b15-14-,17-16-/t59?,60-,61+,62+/m0/s1.